The fraction of sp³-hybridized carbons (Fsp3) is 0.571. The Hall–Kier alpha value is -1.06. The minimum atomic E-state index is -0.00237. The van der Waals surface area contributed by atoms with Crippen LogP contribution in [-0.4, -0.2) is 32.9 Å². The lowest BCUT2D eigenvalue weighted by molar-refractivity contribution is -0.0333. The highest BCUT2D eigenvalue weighted by molar-refractivity contribution is 5.29. The van der Waals surface area contributed by atoms with Crippen molar-refractivity contribution in [1.82, 2.24) is 5.32 Å². The Balaban J connectivity index is 2.11. The number of ether oxygens (including phenoxy) is 2. The molecule has 0 amide bonds. The minimum absolute atomic E-state index is 0.00237. The maximum Gasteiger partial charge on any atom is 0.119 e. The van der Waals surface area contributed by atoms with E-state index < -0.39 is 0 Å². The van der Waals surface area contributed by atoms with E-state index in [1.165, 1.54) is 5.56 Å². The monoisotopic (exact) mass is 235 g/mol. The van der Waals surface area contributed by atoms with Crippen LogP contribution >= 0.6 is 0 Å². The normalized spacial score (nSPS) is 18.9. The first kappa shape index (κ1) is 12.4. The summed E-state index contributed by atoms with van der Waals surface area (Å²) >= 11 is 0. The zero-order valence-electron chi connectivity index (χ0n) is 10.7. The Labute approximate surface area is 103 Å². The highest BCUT2D eigenvalue weighted by atomic mass is 16.5. The van der Waals surface area contributed by atoms with Crippen LogP contribution in [-0.2, 0) is 11.2 Å². The Morgan fingerprint density at radius 2 is 2.00 bits per heavy atom. The second-order valence-corrected chi connectivity index (χ2v) is 4.67. The van der Waals surface area contributed by atoms with E-state index in [9.17, 15) is 0 Å². The Bertz CT molecular complexity index is 359. The first-order valence-corrected chi connectivity index (χ1v) is 6.17. The van der Waals surface area contributed by atoms with E-state index in [1.54, 1.807) is 7.11 Å². The van der Waals surface area contributed by atoms with Gasteiger partial charge in [0.2, 0.25) is 0 Å². The van der Waals surface area contributed by atoms with Gasteiger partial charge < -0.3 is 14.8 Å². The third-order valence-electron chi connectivity index (χ3n) is 3.61. The molecule has 0 spiro atoms. The first-order chi connectivity index (χ1) is 8.28. The van der Waals surface area contributed by atoms with E-state index in [0.717, 1.165) is 38.1 Å². The summed E-state index contributed by atoms with van der Waals surface area (Å²) in [6.07, 6.45) is 3.10. The van der Waals surface area contributed by atoms with Gasteiger partial charge in [-0.15, -0.1) is 0 Å². The van der Waals surface area contributed by atoms with Gasteiger partial charge in [-0.3, -0.25) is 0 Å². The molecule has 0 bridgehead atoms. The van der Waals surface area contributed by atoms with Crippen LogP contribution in [0.5, 0.6) is 5.75 Å². The molecule has 0 radical (unpaired) electrons. The Kier molecular flexibility index (Phi) is 4.02. The molecule has 1 aromatic carbocycles. The zero-order chi connectivity index (χ0) is 12.1. The molecule has 0 aliphatic carbocycles. The first-order valence-electron chi connectivity index (χ1n) is 6.17. The van der Waals surface area contributed by atoms with Gasteiger partial charge in [-0.2, -0.15) is 0 Å². The molecular weight excluding hydrogens is 214 g/mol. The van der Waals surface area contributed by atoms with E-state index in [4.69, 9.17) is 9.47 Å². The number of hydrogen-bond donors (Lipinski definition) is 1. The van der Waals surface area contributed by atoms with Crippen LogP contribution in [0.15, 0.2) is 24.3 Å². The lowest BCUT2D eigenvalue weighted by atomic mass is 9.85. The van der Waals surface area contributed by atoms with E-state index >= 15 is 0 Å². The molecule has 0 aromatic heterocycles. The highest BCUT2D eigenvalue weighted by Crippen LogP contribution is 2.28. The van der Waals surface area contributed by atoms with Gasteiger partial charge in [-0.05, 0) is 43.6 Å². The van der Waals surface area contributed by atoms with Gasteiger partial charge in [0.05, 0.1) is 12.7 Å². The molecule has 1 aliphatic rings. The summed E-state index contributed by atoms with van der Waals surface area (Å²) < 4.78 is 11.0. The smallest absolute Gasteiger partial charge is 0.119 e. The quantitative estimate of drug-likeness (QED) is 0.866. The van der Waals surface area contributed by atoms with Crippen LogP contribution in [0.2, 0.25) is 0 Å². The molecule has 3 heteroatoms. The van der Waals surface area contributed by atoms with Crippen molar-refractivity contribution in [3.63, 3.8) is 0 Å². The van der Waals surface area contributed by atoms with Crippen molar-refractivity contribution in [3.8, 4) is 5.75 Å². The van der Waals surface area contributed by atoms with Crippen molar-refractivity contribution in [2.75, 3.05) is 27.3 Å². The number of hydrogen-bond acceptors (Lipinski definition) is 3. The molecule has 3 nitrogen and oxygen atoms in total. The Morgan fingerprint density at radius 3 is 2.65 bits per heavy atom. The summed E-state index contributed by atoms with van der Waals surface area (Å²) in [7, 11) is 3.53. The summed E-state index contributed by atoms with van der Waals surface area (Å²) in [6.45, 7) is 2.08. The van der Waals surface area contributed by atoms with Gasteiger partial charge >= 0.3 is 0 Å². The van der Waals surface area contributed by atoms with Gasteiger partial charge in [0, 0.05) is 13.5 Å². The molecule has 1 fully saturated rings. The SMILES string of the molecule is COc1cccc(CC2(OC)CCNCC2)c1. The summed E-state index contributed by atoms with van der Waals surface area (Å²) in [5.41, 5.74) is 1.28. The van der Waals surface area contributed by atoms with Crippen molar-refractivity contribution < 1.29 is 9.47 Å². The third kappa shape index (κ3) is 2.99. The van der Waals surface area contributed by atoms with Gasteiger partial charge in [0.15, 0.2) is 0 Å². The maximum absolute atomic E-state index is 5.78. The van der Waals surface area contributed by atoms with Gasteiger partial charge in [-0.25, -0.2) is 0 Å². The zero-order valence-corrected chi connectivity index (χ0v) is 10.7. The number of piperidine rings is 1. The molecule has 1 saturated heterocycles. The molecular formula is C14H21NO2. The van der Waals surface area contributed by atoms with Crippen molar-refractivity contribution in [2.24, 2.45) is 0 Å². The third-order valence-corrected chi connectivity index (χ3v) is 3.61. The van der Waals surface area contributed by atoms with Crippen LogP contribution in [0.3, 0.4) is 0 Å². The highest BCUT2D eigenvalue weighted by Gasteiger charge is 2.31. The van der Waals surface area contributed by atoms with E-state index in [1.807, 2.05) is 19.2 Å². The summed E-state index contributed by atoms with van der Waals surface area (Å²) in [5, 5.41) is 3.38. The topological polar surface area (TPSA) is 30.5 Å². The van der Waals surface area contributed by atoms with E-state index in [0.29, 0.717) is 0 Å². The second kappa shape index (κ2) is 5.52. The lowest BCUT2D eigenvalue weighted by Gasteiger charge is -2.36. The number of rotatable bonds is 4. The maximum atomic E-state index is 5.78. The molecule has 1 aliphatic heterocycles. The number of benzene rings is 1. The van der Waals surface area contributed by atoms with Crippen molar-refractivity contribution >= 4 is 0 Å². The minimum Gasteiger partial charge on any atom is -0.497 e. The average molecular weight is 235 g/mol. The molecule has 1 heterocycles. The fourth-order valence-electron chi connectivity index (χ4n) is 2.49. The van der Waals surface area contributed by atoms with Gasteiger partial charge in [-0.1, -0.05) is 12.1 Å². The van der Waals surface area contributed by atoms with Crippen molar-refractivity contribution in [2.45, 2.75) is 24.9 Å². The molecule has 1 N–H and O–H groups in total. The van der Waals surface area contributed by atoms with Gasteiger partial charge in [0.1, 0.15) is 5.75 Å². The van der Waals surface area contributed by atoms with Gasteiger partial charge in [0.25, 0.3) is 0 Å². The fourth-order valence-corrected chi connectivity index (χ4v) is 2.49. The van der Waals surface area contributed by atoms with Crippen molar-refractivity contribution in [1.29, 1.82) is 0 Å². The molecule has 0 atom stereocenters. The average Bonchev–Trinajstić information content (AvgIpc) is 2.40. The van der Waals surface area contributed by atoms with Crippen LogP contribution in [0.4, 0.5) is 0 Å². The summed E-state index contributed by atoms with van der Waals surface area (Å²) in [5.74, 6) is 0.919. The van der Waals surface area contributed by atoms with E-state index in [-0.39, 0.29) is 5.60 Å². The number of nitrogens with one attached hydrogen (secondary N) is 1. The molecule has 17 heavy (non-hydrogen) atoms. The molecule has 0 unspecified atom stereocenters. The van der Waals surface area contributed by atoms with Crippen LogP contribution in [0, 0.1) is 0 Å². The predicted molar refractivity (Wildman–Crippen MR) is 68.5 cm³/mol. The molecule has 0 saturated carbocycles. The summed E-state index contributed by atoms with van der Waals surface area (Å²) in [4.78, 5) is 0. The summed E-state index contributed by atoms with van der Waals surface area (Å²) in [6, 6.07) is 8.26. The lowest BCUT2D eigenvalue weighted by Crippen LogP contribution is -2.44. The Morgan fingerprint density at radius 1 is 1.24 bits per heavy atom. The largest absolute Gasteiger partial charge is 0.497 e. The molecule has 94 valence electrons. The predicted octanol–water partition coefficient (Wildman–Crippen LogP) is 2.01. The van der Waals surface area contributed by atoms with Crippen LogP contribution in [0.25, 0.3) is 0 Å². The van der Waals surface area contributed by atoms with Crippen LogP contribution < -0.4 is 10.1 Å². The van der Waals surface area contributed by atoms with E-state index in [2.05, 4.69) is 17.4 Å². The molecule has 2 rings (SSSR count). The van der Waals surface area contributed by atoms with Crippen molar-refractivity contribution in [3.05, 3.63) is 29.8 Å². The second-order valence-electron chi connectivity index (χ2n) is 4.67. The standard InChI is InChI=1S/C14H21NO2/c1-16-13-5-3-4-12(10-13)11-14(17-2)6-8-15-9-7-14/h3-5,10,15H,6-9,11H2,1-2H3. The van der Waals surface area contributed by atoms with Crippen LogP contribution in [0.1, 0.15) is 18.4 Å². The molecule has 1 aromatic rings. The number of methoxy groups -OCH3 is 2.